The highest BCUT2D eigenvalue weighted by Crippen LogP contribution is 2.22. The average molecular weight is 235 g/mol. The largest absolute Gasteiger partial charge is 0.396 e. The van der Waals surface area contributed by atoms with E-state index in [1.54, 1.807) is 0 Å². The summed E-state index contributed by atoms with van der Waals surface area (Å²) >= 11 is 0. The second-order valence-corrected chi connectivity index (χ2v) is 5.76. The fourth-order valence-corrected chi connectivity index (χ4v) is 1.84. The summed E-state index contributed by atoms with van der Waals surface area (Å²) in [7, 11) is 2.09. The van der Waals surface area contributed by atoms with Gasteiger partial charge in [0.1, 0.15) is 0 Å². The molecular weight excluding hydrogens is 210 g/mol. The quantitative estimate of drug-likeness (QED) is 0.848. The lowest BCUT2D eigenvalue weighted by molar-refractivity contribution is 0.244. The molecule has 96 valence electrons. The molecule has 0 radical (unpaired) electrons. The van der Waals surface area contributed by atoms with Gasteiger partial charge in [0.15, 0.2) is 0 Å². The Hall–Kier alpha value is -0.860. The van der Waals surface area contributed by atoms with Crippen molar-refractivity contribution in [1.82, 2.24) is 4.90 Å². The zero-order chi connectivity index (χ0) is 12.9. The number of aliphatic hydroxyl groups excluding tert-OH is 1. The zero-order valence-corrected chi connectivity index (χ0v) is 11.5. The minimum atomic E-state index is 0.224. The lowest BCUT2D eigenvalue weighted by atomic mass is 9.87. The van der Waals surface area contributed by atoms with Crippen LogP contribution in [-0.4, -0.2) is 30.2 Å². The van der Waals surface area contributed by atoms with E-state index in [0.717, 1.165) is 19.5 Å². The third-order valence-corrected chi connectivity index (χ3v) is 2.97. The molecule has 1 aromatic carbocycles. The molecule has 0 saturated heterocycles. The van der Waals surface area contributed by atoms with Crippen molar-refractivity contribution in [2.24, 2.45) is 0 Å². The van der Waals surface area contributed by atoms with Gasteiger partial charge in [0, 0.05) is 19.7 Å². The summed E-state index contributed by atoms with van der Waals surface area (Å²) in [6, 6.07) is 8.84. The van der Waals surface area contributed by atoms with E-state index >= 15 is 0 Å². The molecule has 1 rings (SSSR count). The van der Waals surface area contributed by atoms with E-state index in [0.29, 0.717) is 0 Å². The highest BCUT2D eigenvalue weighted by molar-refractivity contribution is 5.27. The molecule has 0 bridgehead atoms. The van der Waals surface area contributed by atoms with E-state index in [2.05, 4.69) is 57.0 Å². The van der Waals surface area contributed by atoms with E-state index in [-0.39, 0.29) is 12.0 Å². The Labute approximate surface area is 105 Å². The van der Waals surface area contributed by atoms with Crippen LogP contribution >= 0.6 is 0 Å². The van der Waals surface area contributed by atoms with Gasteiger partial charge in [-0.05, 0) is 30.0 Å². The normalized spacial score (nSPS) is 12.1. The van der Waals surface area contributed by atoms with Crippen LogP contribution in [0.4, 0.5) is 0 Å². The third kappa shape index (κ3) is 4.88. The van der Waals surface area contributed by atoms with Gasteiger partial charge in [-0.3, -0.25) is 0 Å². The Morgan fingerprint density at radius 2 is 1.71 bits per heavy atom. The number of rotatable bonds is 5. The van der Waals surface area contributed by atoms with Gasteiger partial charge in [-0.15, -0.1) is 0 Å². The number of nitrogens with zero attached hydrogens (tertiary/aromatic N) is 1. The lowest BCUT2D eigenvalue weighted by Gasteiger charge is -2.20. The van der Waals surface area contributed by atoms with Gasteiger partial charge in [0.2, 0.25) is 0 Å². The lowest BCUT2D eigenvalue weighted by Crippen LogP contribution is -2.20. The minimum absolute atomic E-state index is 0.224. The first-order valence-electron chi connectivity index (χ1n) is 6.32. The molecule has 0 aliphatic rings. The van der Waals surface area contributed by atoms with Crippen molar-refractivity contribution in [3.63, 3.8) is 0 Å². The first-order chi connectivity index (χ1) is 7.93. The first-order valence-corrected chi connectivity index (χ1v) is 6.32. The average Bonchev–Trinajstić information content (AvgIpc) is 2.26. The van der Waals surface area contributed by atoms with Crippen LogP contribution in [0.2, 0.25) is 0 Å². The SMILES string of the molecule is CN(CCCO)Cc1ccc(C(C)(C)C)cc1. The summed E-state index contributed by atoms with van der Waals surface area (Å²) in [5.74, 6) is 0. The maximum atomic E-state index is 8.78. The highest BCUT2D eigenvalue weighted by atomic mass is 16.3. The van der Waals surface area contributed by atoms with Crippen molar-refractivity contribution in [1.29, 1.82) is 0 Å². The standard InChI is InChI=1S/C15H25NO/c1-15(2,3)14-8-6-13(7-9-14)12-16(4)10-5-11-17/h6-9,17H,5,10-12H2,1-4H3. The third-order valence-electron chi connectivity index (χ3n) is 2.97. The van der Waals surface area contributed by atoms with Crippen LogP contribution in [0.1, 0.15) is 38.3 Å². The monoisotopic (exact) mass is 235 g/mol. The Kier molecular flexibility index (Phi) is 5.16. The van der Waals surface area contributed by atoms with Crippen molar-refractivity contribution in [2.45, 2.75) is 39.2 Å². The first kappa shape index (κ1) is 14.2. The Morgan fingerprint density at radius 1 is 1.12 bits per heavy atom. The molecule has 0 spiro atoms. The van der Waals surface area contributed by atoms with Gasteiger partial charge in [0.25, 0.3) is 0 Å². The van der Waals surface area contributed by atoms with Crippen molar-refractivity contribution in [3.8, 4) is 0 Å². The van der Waals surface area contributed by atoms with E-state index in [4.69, 9.17) is 5.11 Å². The van der Waals surface area contributed by atoms with Crippen molar-refractivity contribution in [2.75, 3.05) is 20.2 Å². The molecule has 0 saturated carbocycles. The molecular formula is C15H25NO. The molecule has 0 fully saturated rings. The summed E-state index contributed by atoms with van der Waals surface area (Å²) in [5, 5.41) is 8.78. The number of hydrogen-bond acceptors (Lipinski definition) is 2. The van der Waals surface area contributed by atoms with Crippen LogP contribution in [0.5, 0.6) is 0 Å². The number of aliphatic hydroxyl groups is 1. The fourth-order valence-electron chi connectivity index (χ4n) is 1.84. The highest BCUT2D eigenvalue weighted by Gasteiger charge is 2.12. The van der Waals surface area contributed by atoms with E-state index in [9.17, 15) is 0 Å². The van der Waals surface area contributed by atoms with Gasteiger partial charge in [-0.25, -0.2) is 0 Å². The molecule has 17 heavy (non-hydrogen) atoms. The Morgan fingerprint density at radius 3 is 2.18 bits per heavy atom. The van der Waals surface area contributed by atoms with E-state index in [1.807, 2.05) is 0 Å². The van der Waals surface area contributed by atoms with Crippen molar-refractivity contribution < 1.29 is 5.11 Å². The van der Waals surface area contributed by atoms with Crippen molar-refractivity contribution >= 4 is 0 Å². The predicted molar refractivity (Wildman–Crippen MR) is 73.2 cm³/mol. The Bertz CT molecular complexity index is 324. The molecule has 2 heteroatoms. The fraction of sp³-hybridized carbons (Fsp3) is 0.600. The molecule has 0 aromatic heterocycles. The van der Waals surface area contributed by atoms with Crippen LogP contribution < -0.4 is 0 Å². The molecule has 0 atom stereocenters. The molecule has 0 unspecified atom stereocenters. The van der Waals surface area contributed by atoms with Gasteiger partial charge in [-0.1, -0.05) is 45.0 Å². The molecule has 1 N–H and O–H groups in total. The molecule has 0 amide bonds. The van der Waals surface area contributed by atoms with E-state index < -0.39 is 0 Å². The summed E-state index contributed by atoms with van der Waals surface area (Å²) in [6.45, 7) is 8.86. The van der Waals surface area contributed by atoms with Crippen LogP contribution in [0, 0.1) is 0 Å². The summed E-state index contributed by atoms with van der Waals surface area (Å²) < 4.78 is 0. The van der Waals surface area contributed by atoms with Gasteiger partial charge in [-0.2, -0.15) is 0 Å². The molecule has 0 heterocycles. The molecule has 0 aliphatic carbocycles. The van der Waals surface area contributed by atoms with Crippen LogP contribution in [0.3, 0.4) is 0 Å². The second-order valence-electron chi connectivity index (χ2n) is 5.76. The maximum Gasteiger partial charge on any atom is 0.0443 e. The van der Waals surface area contributed by atoms with Crippen LogP contribution in [0.25, 0.3) is 0 Å². The molecule has 1 aromatic rings. The summed E-state index contributed by atoms with van der Waals surface area (Å²) in [4.78, 5) is 2.24. The minimum Gasteiger partial charge on any atom is -0.396 e. The topological polar surface area (TPSA) is 23.5 Å². The summed E-state index contributed by atoms with van der Waals surface area (Å²) in [6.07, 6.45) is 0.844. The summed E-state index contributed by atoms with van der Waals surface area (Å²) in [5.41, 5.74) is 2.93. The van der Waals surface area contributed by atoms with Gasteiger partial charge < -0.3 is 10.0 Å². The van der Waals surface area contributed by atoms with Gasteiger partial charge in [0.05, 0.1) is 0 Å². The smallest absolute Gasteiger partial charge is 0.0443 e. The van der Waals surface area contributed by atoms with Crippen LogP contribution in [-0.2, 0) is 12.0 Å². The predicted octanol–water partition coefficient (Wildman–Crippen LogP) is 2.80. The number of benzene rings is 1. The number of hydrogen-bond donors (Lipinski definition) is 1. The molecule has 2 nitrogen and oxygen atoms in total. The second kappa shape index (κ2) is 6.18. The van der Waals surface area contributed by atoms with E-state index in [1.165, 1.54) is 11.1 Å². The van der Waals surface area contributed by atoms with Crippen LogP contribution in [0.15, 0.2) is 24.3 Å². The zero-order valence-electron chi connectivity index (χ0n) is 11.5. The van der Waals surface area contributed by atoms with Crippen molar-refractivity contribution in [3.05, 3.63) is 35.4 Å². The van der Waals surface area contributed by atoms with Gasteiger partial charge >= 0.3 is 0 Å². The maximum absolute atomic E-state index is 8.78. The Balaban J connectivity index is 2.56. The molecule has 0 aliphatic heterocycles.